The predicted octanol–water partition coefficient (Wildman–Crippen LogP) is 2.45. The normalized spacial score (nSPS) is 17.3. The largest absolute Gasteiger partial charge is 0.342 e. The molecule has 0 fully saturated rings. The van der Waals surface area contributed by atoms with E-state index in [0.29, 0.717) is 5.57 Å². The Labute approximate surface area is 89.3 Å². The van der Waals surface area contributed by atoms with E-state index in [1.807, 2.05) is 36.4 Å². The van der Waals surface area contributed by atoms with Gasteiger partial charge in [0.1, 0.15) is 0 Å². The molecule has 1 aliphatic rings. The van der Waals surface area contributed by atoms with Gasteiger partial charge in [0.15, 0.2) is 0 Å². The molecule has 1 aromatic rings. The van der Waals surface area contributed by atoms with Crippen LogP contribution in [0.4, 0.5) is 0 Å². The zero-order valence-corrected chi connectivity index (χ0v) is 8.66. The number of amides is 1. The van der Waals surface area contributed by atoms with E-state index in [1.54, 1.807) is 6.92 Å². The lowest BCUT2D eigenvalue weighted by molar-refractivity contribution is -0.117. The highest BCUT2D eigenvalue weighted by molar-refractivity contribution is 5.92. The number of hydrogen-bond acceptors (Lipinski definition) is 1. The Morgan fingerprint density at radius 1 is 1.40 bits per heavy atom. The van der Waals surface area contributed by atoms with E-state index in [2.05, 4.69) is 11.9 Å². The molecule has 1 atom stereocenters. The summed E-state index contributed by atoms with van der Waals surface area (Å²) in [7, 11) is 0. The van der Waals surface area contributed by atoms with Crippen molar-refractivity contribution in [1.29, 1.82) is 0 Å². The van der Waals surface area contributed by atoms with Crippen LogP contribution in [-0.4, -0.2) is 5.91 Å². The molecule has 1 unspecified atom stereocenters. The topological polar surface area (TPSA) is 29.1 Å². The third-order valence-corrected chi connectivity index (χ3v) is 2.47. The summed E-state index contributed by atoms with van der Waals surface area (Å²) in [5.74, 6) is -0.0960. The second-order valence-electron chi connectivity index (χ2n) is 3.72. The minimum absolute atomic E-state index is 0.00889. The quantitative estimate of drug-likeness (QED) is 0.728. The zero-order valence-electron chi connectivity index (χ0n) is 8.66. The molecule has 0 aliphatic heterocycles. The van der Waals surface area contributed by atoms with Crippen LogP contribution in [0.15, 0.2) is 42.5 Å². The molecule has 1 aromatic carbocycles. The van der Waals surface area contributed by atoms with Crippen LogP contribution in [-0.2, 0) is 4.79 Å². The standard InChI is InChI=1S/C13H13NO/c1-9(2)13(15)14-12-8-7-10-5-3-4-6-11(10)12/h3-8,12H,1H2,2H3,(H,14,15). The fourth-order valence-electron chi connectivity index (χ4n) is 1.64. The van der Waals surface area contributed by atoms with Crippen LogP contribution in [0.3, 0.4) is 0 Å². The monoisotopic (exact) mass is 199 g/mol. The molecule has 0 spiro atoms. The average Bonchev–Trinajstić information content (AvgIpc) is 2.62. The van der Waals surface area contributed by atoms with Gasteiger partial charge in [-0.1, -0.05) is 43.0 Å². The molecule has 1 amide bonds. The van der Waals surface area contributed by atoms with Gasteiger partial charge >= 0.3 is 0 Å². The van der Waals surface area contributed by atoms with Crippen LogP contribution < -0.4 is 5.32 Å². The molecule has 0 bridgehead atoms. The maximum atomic E-state index is 11.5. The Hall–Kier alpha value is -1.83. The summed E-state index contributed by atoms with van der Waals surface area (Å²) in [6.07, 6.45) is 4.02. The van der Waals surface area contributed by atoms with E-state index in [4.69, 9.17) is 0 Å². The molecular formula is C13H13NO. The second-order valence-corrected chi connectivity index (χ2v) is 3.72. The number of nitrogens with one attached hydrogen (secondary N) is 1. The van der Waals surface area contributed by atoms with E-state index in [-0.39, 0.29) is 11.9 Å². The van der Waals surface area contributed by atoms with Gasteiger partial charge in [-0.25, -0.2) is 0 Å². The van der Waals surface area contributed by atoms with E-state index < -0.39 is 0 Å². The predicted molar refractivity (Wildman–Crippen MR) is 61.2 cm³/mol. The number of fused-ring (bicyclic) bond motifs is 1. The third kappa shape index (κ3) is 1.84. The summed E-state index contributed by atoms with van der Waals surface area (Å²) in [4.78, 5) is 11.5. The van der Waals surface area contributed by atoms with Gasteiger partial charge in [0, 0.05) is 5.57 Å². The zero-order chi connectivity index (χ0) is 10.8. The van der Waals surface area contributed by atoms with Crippen LogP contribution in [0, 0.1) is 0 Å². The Morgan fingerprint density at radius 2 is 2.13 bits per heavy atom. The highest BCUT2D eigenvalue weighted by atomic mass is 16.1. The van der Waals surface area contributed by atoms with E-state index in [9.17, 15) is 4.79 Å². The lowest BCUT2D eigenvalue weighted by atomic mass is 10.1. The van der Waals surface area contributed by atoms with Gasteiger partial charge in [0.2, 0.25) is 5.91 Å². The van der Waals surface area contributed by atoms with Crippen molar-refractivity contribution in [2.75, 3.05) is 0 Å². The van der Waals surface area contributed by atoms with E-state index in [1.165, 1.54) is 5.56 Å². The molecule has 0 aromatic heterocycles. The third-order valence-electron chi connectivity index (χ3n) is 2.47. The fraction of sp³-hybridized carbons (Fsp3) is 0.154. The van der Waals surface area contributed by atoms with Crippen LogP contribution >= 0.6 is 0 Å². The van der Waals surface area contributed by atoms with Crippen molar-refractivity contribution in [2.24, 2.45) is 0 Å². The molecule has 1 N–H and O–H groups in total. The highest BCUT2D eigenvalue weighted by Gasteiger charge is 2.18. The average molecular weight is 199 g/mol. The maximum absolute atomic E-state index is 11.5. The lowest BCUT2D eigenvalue weighted by Crippen LogP contribution is -2.26. The van der Waals surface area contributed by atoms with Gasteiger partial charge < -0.3 is 5.32 Å². The highest BCUT2D eigenvalue weighted by Crippen LogP contribution is 2.27. The van der Waals surface area contributed by atoms with Crippen molar-refractivity contribution >= 4 is 12.0 Å². The second kappa shape index (κ2) is 3.73. The summed E-state index contributed by atoms with van der Waals surface area (Å²) < 4.78 is 0. The Balaban J connectivity index is 2.18. The molecule has 2 nitrogen and oxygen atoms in total. The molecule has 76 valence electrons. The lowest BCUT2D eigenvalue weighted by Gasteiger charge is -2.12. The molecule has 1 aliphatic carbocycles. The first kappa shape index (κ1) is 9.71. The summed E-state index contributed by atoms with van der Waals surface area (Å²) in [5, 5.41) is 2.91. The Bertz CT molecular complexity index is 446. The summed E-state index contributed by atoms with van der Waals surface area (Å²) in [6.45, 7) is 5.33. The van der Waals surface area contributed by atoms with Gasteiger partial charge in [-0.2, -0.15) is 0 Å². The minimum atomic E-state index is -0.0960. The van der Waals surface area contributed by atoms with Crippen LogP contribution in [0.1, 0.15) is 24.1 Å². The smallest absolute Gasteiger partial charge is 0.247 e. The van der Waals surface area contributed by atoms with Gasteiger partial charge in [0.05, 0.1) is 6.04 Å². The van der Waals surface area contributed by atoms with Crippen LogP contribution in [0.2, 0.25) is 0 Å². The molecule has 0 saturated heterocycles. The minimum Gasteiger partial charge on any atom is -0.342 e. The molecule has 0 saturated carbocycles. The van der Waals surface area contributed by atoms with Gasteiger partial charge in [-0.3, -0.25) is 4.79 Å². The molecule has 15 heavy (non-hydrogen) atoms. The van der Waals surface area contributed by atoms with Crippen molar-refractivity contribution in [3.8, 4) is 0 Å². The Morgan fingerprint density at radius 3 is 2.87 bits per heavy atom. The molecular weight excluding hydrogens is 186 g/mol. The van der Waals surface area contributed by atoms with Crippen molar-refractivity contribution in [3.05, 3.63) is 53.6 Å². The number of hydrogen-bond donors (Lipinski definition) is 1. The summed E-state index contributed by atoms with van der Waals surface area (Å²) in [6, 6.07) is 8.03. The molecule has 0 heterocycles. The van der Waals surface area contributed by atoms with Crippen molar-refractivity contribution in [3.63, 3.8) is 0 Å². The maximum Gasteiger partial charge on any atom is 0.247 e. The number of rotatable bonds is 2. The molecule has 2 heteroatoms. The summed E-state index contributed by atoms with van der Waals surface area (Å²) in [5.41, 5.74) is 2.85. The first-order chi connectivity index (χ1) is 7.18. The van der Waals surface area contributed by atoms with Gasteiger partial charge in [0.25, 0.3) is 0 Å². The van der Waals surface area contributed by atoms with Crippen molar-refractivity contribution in [2.45, 2.75) is 13.0 Å². The van der Waals surface area contributed by atoms with Gasteiger partial charge in [-0.15, -0.1) is 0 Å². The van der Waals surface area contributed by atoms with Crippen molar-refractivity contribution < 1.29 is 4.79 Å². The number of benzene rings is 1. The molecule has 0 radical (unpaired) electrons. The van der Waals surface area contributed by atoms with Crippen molar-refractivity contribution in [1.82, 2.24) is 5.32 Å². The van der Waals surface area contributed by atoms with E-state index >= 15 is 0 Å². The van der Waals surface area contributed by atoms with Crippen LogP contribution in [0.5, 0.6) is 0 Å². The fourth-order valence-corrected chi connectivity index (χ4v) is 1.64. The SMILES string of the molecule is C=C(C)C(=O)NC1C=Cc2ccccc21. The first-order valence-corrected chi connectivity index (χ1v) is 4.92. The first-order valence-electron chi connectivity index (χ1n) is 4.92. The summed E-state index contributed by atoms with van der Waals surface area (Å²) >= 11 is 0. The number of carbonyl (C=O) groups is 1. The van der Waals surface area contributed by atoms with E-state index in [0.717, 1.165) is 5.56 Å². The molecule has 2 rings (SSSR count). The van der Waals surface area contributed by atoms with Crippen LogP contribution in [0.25, 0.3) is 6.08 Å². The Kier molecular flexibility index (Phi) is 2.42. The number of carbonyl (C=O) groups excluding carboxylic acids is 1. The van der Waals surface area contributed by atoms with Gasteiger partial charge in [-0.05, 0) is 18.1 Å².